The fourth-order valence-corrected chi connectivity index (χ4v) is 3.35. The van der Waals surface area contributed by atoms with Crippen molar-refractivity contribution in [1.82, 2.24) is 26.1 Å². The average molecular weight is 509 g/mol. The summed E-state index contributed by atoms with van der Waals surface area (Å²) in [5.41, 5.74) is -1.19. The number of hydrogen-bond acceptors (Lipinski definition) is 8. The number of nitrogens with one attached hydrogen (secondary N) is 6. The van der Waals surface area contributed by atoms with Crippen LogP contribution in [0.15, 0.2) is 27.8 Å². The van der Waals surface area contributed by atoms with E-state index in [1.165, 1.54) is 25.1 Å². The predicted molar refractivity (Wildman–Crippen MR) is 127 cm³/mol. The third-order valence-electron chi connectivity index (χ3n) is 4.69. The summed E-state index contributed by atoms with van der Waals surface area (Å²) < 4.78 is 0. The summed E-state index contributed by atoms with van der Waals surface area (Å²) in [4.78, 5) is 83.5. The second kappa shape index (κ2) is 12.4. The minimum atomic E-state index is -1.26. The van der Waals surface area contributed by atoms with Crippen LogP contribution in [0.4, 0.5) is 5.69 Å². The van der Waals surface area contributed by atoms with Gasteiger partial charge in [-0.3, -0.25) is 43.8 Å². The van der Waals surface area contributed by atoms with Gasteiger partial charge in [-0.2, -0.15) is 12.6 Å². The number of H-pyrrole nitrogens is 2. The molecule has 2 rings (SSSR count). The highest BCUT2D eigenvalue weighted by molar-refractivity contribution is 7.80. The summed E-state index contributed by atoms with van der Waals surface area (Å²) in [6, 6.07) is 1.96. The molecule has 35 heavy (non-hydrogen) atoms. The number of aromatic amines is 2. The Bertz CT molecular complexity index is 1260. The summed E-state index contributed by atoms with van der Waals surface area (Å²) in [5, 5.41) is 22.4. The van der Waals surface area contributed by atoms with Crippen LogP contribution < -0.4 is 32.4 Å². The van der Waals surface area contributed by atoms with Crippen LogP contribution in [0, 0.1) is 0 Å². The second-order valence-corrected chi connectivity index (χ2v) is 7.70. The highest BCUT2D eigenvalue weighted by atomic mass is 32.1. The maximum atomic E-state index is 12.8. The van der Waals surface area contributed by atoms with E-state index in [1.54, 1.807) is 0 Å². The fourth-order valence-electron chi connectivity index (χ4n) is 3.09. The lowest BCUT2D eigenvalue weighted by molar-refractivity contribution is -0.138. The highest BCUT2D eigenvalue weighted by Crippen LogP contribution is 2.17. The van der Waals surface area contributed by atoms with Gasteiger partial charge in [-0.05, 0) is 18.6 Å². The quantitative estimate of drug-likeness (QED) is 0.159. The Morgan fingerprint density at radius 2 is 1.69 bits per heavy atom. The Labute approximate surface area is 202 Å². The number of carboxylic acids is 1. The minimum Gasteiger partial charge on any atom is -0.480 e. The van der Waals surface area contributed by atoms with Crippen molar-refractivity contribution in [2.24, 2.45) is 0 Å². The predicted octanol–water partition coefficient (Wildman–Crippen LogP) is -1.94. The van der Waals surface area contributed by atoms with E-state index < -0.39 is 59.3 Å². The Morgan fingerprint density at radius 3 is 2.31 bits per heavy atom. The van der Waals surface area contributed by atoms with E-state index in [2.05, 4.69) is 44.1 Å². The maximum Gasteiger partial charge on any atom is 0.322 e. The van der Waals surface area contributed by atoms with Crippen molar-refractivity contribution in [1.29, 1.82) is 0 Å². The molecular formula is C20H24N6O8S. The van der Waals surface area contributed by atoms with Crippen LogP contribution >= 0.6 is 12.6 Å². The van der Waals surface area contributed by atoms with Crippen molar-refractivity contribution in [3.8, 4) is 0 Å². The third kappa shape index (κ3) is 7.70. The van der Waals surface area contributed by atoms with Crippen molar-refractivity contribution in [2.45, 2.75) is 31.8 Å². The first-order valence-electron chi connectivity index (χ1n) is 10.2. The van der Waals surface area contributed by atoms with Gasteiger partial charge in [0, 0.05) is 19.1 Å². The normalized spacial score (nSPS) is 12.3. The number of rotatable bonds is 11. The Hall–Kier alpha value is -4.14. The Kier molecular flexibility index (Phi) is 9.57. The number of carboxylic acid groups (broad SMARTS) is 1. The number of anilines is 1. The summed E-state index contributed by atoms with van der Waals surface area (Å²) in [7, 11) is 0. The van der Waals surface area contributed by atoms with E-state index in [9.17, 15) is 33.6 Å². The average Bonchev–Trinajstić information content (AvgIpc) is 2.80. The molecule has 0 aliphatic carbocycles. The third-order valence-corrected chi connectivity index (χ3v) is 5.05. The zero-order valence-electron chi connectivity index (χ0n) is 18.5. The van der Waals surface area contributed by atoms with Gasteiger partial charge < -0.3 is 26.4 Å². The zero-order chi connectivity index (χ0) is 26.1. The Morgan fingerprint density at radius 1 is 1.00 bits per heavy atom. The molecule has 2 unspecified atom stereocenters. The van der Waals surface area contributed by atoms with Gasteiger partial charge in [0.1, 0.15) is 18.6 Å². The van der Waals surface area contributed by atoms with Gasteiger partial charge in [0.15, 0.2) is 0 Å². The molecule has 0 radical (unpaired) electrons. The van der Waals surface area contributed by atoms with Crippen LogP contribution in [-0.2, 0) is 24.0 Å². The molecule has 7 N–H and O–H groups in total. The number of thiol groups is 1. The highest BCUT2D eigenvalue weighted by Gasteiger charge is 2.24. The molecule has 2 atom stereocenters. The molecule has 0 fully saturated rings. The largest absolute Gasteiger partial charge is 0.480 e. The summed E-state index contributed by atoms with van der Waals surface area (Å²) >= 11 is 3.96. The smallest absolute Gasteiger partial charge is 0.322 e. The SMILES string of the molecule is CC(=O)NC(CCC(=O)NC(CS)C(=O)NCC(=O)O)C(=O)Nc1cccc2c(=O)[nH][nH]c(=O)c12. The number of carbonyl (C=O) groups excluding carboxylic acids is 4. The van der Waals surface area contributed by atoms with Crippen molar-refractivity contribution in [2.75, 3.05) is 17.6 Å². The molecule has 4 amide bonds. The number of amides is 4. The molecule has 188 valence electrons. The molecular weight excluding hydrogens is 484 g/mol. The van der Waals surface area contributed by atoms with E-state index in [1.807, 2.05) is 0 Å². The minimum absolute atomic E-state index is 0.0323. The lowest BCUT2D eigenvalue weighted by Gasteiger charge is -2.19. The topological polar surface area (TPSA) is 219 Å². The lowest BCUT2D eigenvalue weighted by atomic mass is 10.1. The molecule has 0 aliphatic heterocycles. The first-order valence-corrected chi connectivity index (χ1v) is 10.9. The van der Waals surface area contributed by atoms with Gasteiger partial charge in [0.25, 0.3) is 11.1 Å². The van der Waals surface area contributed by atoms with Crippen LogP contribution in [0.3, 0.4) is 0 Å². The van der Waals surface area contributed by atoms with Crippen LogP contribution in [-0.4, -0.2) is 69.3 Å². The monoisotopic (exact) mass is 508 g/mol. The molecule has 0 saturated heterocycles. The molecule has 0 aliphatic rings. The van der Waals surface area contributed by atoms with Crippen LogP contribution in [0.1, 0.15) is 19.8 Å². The van der Waals surface area contributed by atoms with Gasteiger partial charge in [-0.25, -0.2) is 0 Å². The second-order valence-electron chi connectivity index (χ2n) is 7.33. The van der Waals surface area contributed by atoms with Gasteiger partial charge in [-0.1, -0.05) is 6.07 Å². The van der Waals surface area contributed by atoms with Crippen LogP contribution in [0.5, 0.6) is 0 Å². The molecule has 1 heterocycles. The van der Waals surface area contributed by atoms with Crippen LogP contribution in [0.2, 0.25) is 0 Å². The Balaban J connectivity index is 2.10. The van der Waals surface area contributed by atoms with Crippen molar-refractivity contribution >= 4 is 58.7 Å². The first kappa shape index (κ1) is 27.1. The van der Waals surface area contributed by atoms with Crippen molar-refractivity contribution in [3.05, 3.63) is 38.9 Å². The lowest BCUT2D eigenvalue weighted by Crippen LogP contribution is -2.49. The summed E-state index contributed by atoms with van der Waals surface area (Å²) in [6.45, 7) is 0.541. The molecule has 0 saturated carbocycles. The number of carbonyl (C=O) groups is 5. The van der Waals surface area contributed by atoms with E-state index in [-0.39, 0.29) is 35.1 Å². The number of hydrogen-bond donors (Lipinski definition) is 8. The zero-order valence-corrected chi connectivity index (χ0v) is 19.4. The molecule has 2 aromatic rings. The molecule has 15 heteroatoms. The maximum absolute atomic E-state index is 12.8. The molecule has 0 spiro atoms. The number of fused-ring (bicyclic) bond motifs is 1. The van der Waals surface area contributed by atoms with Gasteiger partial charge in [-0.15, -0.1) is 0 Å². The van der Waals surface area contributed by atoms with E-state index in [0.717, 1.165) is 0 Å². The first-order chi connectivity index (χ1) is 16.5. The summed E-state index contributed by atoms with van der Waals surface area (Å²) in [5.74, 6) is -4.07. The fraction of sp³-hybridized carbons (Fsp3) is 0.350. The number of aliphatic carboxylic acids is 1. The number of aromatic nitrogens is 2. The van der Waals surface area contributed by atoms with E-state index in [0.29, 0.717) is 0 Å². The summed E-state index contributed by atoms with van der Waals surface area (Å²) in [6.07, 6.45) is -0.459. The van der Waals surface area contributed by atoms with E-state index in [4.69, 9.17) is 5.11 Å². The standard InChI is InChI=1S/C20H24N6O8S/c1-9(27)22-12(5-6-14(28)23-13(8-35)18(32)21-7-15(29)30)19(33)24-11-4-2-3-10-16(11)20(34)26-25-17(10)31/h2-4,12-13,35H,5-8H2,1H3,(H,21,32)(H,22,27)(H,23,28)(H,24,33)(H,25,31)(H,26,34)(H,29,30). The van der Waals surface area contributed by atoms with Gasteiger partial charge in [0.05, 0.1) is 16.5 Å². The number of benzene rings is 1. The van der Waals surface area contributed by atoms with Gasteiger partial charge in [0.2, 0.25) is 23.6 Å². The molecule has 14 nitrogen and oxygen atoms in total. The van der Waals surface area contributed by atoms with Gasteiger partial charge >= 0.3 is 5.97 Å². The molecule has 1 aromatic carbocycles. The van der Waals surface area contributed by atoms with Crippen molar-refractivity contribution in [3.63, 3.8) is 0 Å². The molecule has 0 bridgehead atoms. The van der Waals surface area contributed by atoms with Crippen LogP contribution in [0.25, 0.3) is 10.8 Å². The van der Waals surface area contributed by atoms with Crippen molar-refractivity contribution < 1.29 is 29.1 Å². The molecule has 1 aromatic heterocycles. The van der Waals surface area contributed by atoms with E-state index >= 15 is 0 Å².